The van der Waals surface area contributed by atoms with Crippen LogP contribution in [0, 0.1) is 0 Å². The molecule has 2 nitrogen and oxygen atoms in total. The van der Waals surface area contributed by atoms with Gasteiger partial charge < -0.3 is 9.47 Å². The van der Waals surface area contributed by atoms with Gasteiger partial charge in [0, 0.05) is 0 Å². The lowest BCUT2D eigenvalue weighted by Crippen LogP contribution is -1.91. The number of halogens is 1. The topological polar surface area (TPSA) is 18.5 Å². The summed E-state index contributed by atoms with van der Waals surface area (Å²) in [5.41, 5.74) is 2.38. The average Bonchev–Trinajstić information content (AvgIpc) is 2.40. The van der Waals surface area contributed by atoms with Crippen LogP contribution in [0.1, 0.15) is 11.1 Å². The van der Waals surface area contributed by atoms with Gasteiger partial charge >= 0.3 is 0 Å². The molecule has 0 saturated heterocycles. The highest BCUT2D eigenvalue weighted by Gasteiger charge is 2.03. The van der Waals surface area contributed by atoms with Crippen LogP contribution in [0.5, 0.6) is 11.5 Å². The molecule has 0 heterocycles. The monoisotopic (exact) mass is 262 g/mol. The summed E-state index contributed by atoms with van der Waals surface area (Å²) in [5.74, 6) is 1.57. The summed E-state index contributed by atoms with van der Waals surface area (Å²) < 4.78 is 10.3. The summed E-state index contributed by atoms with van der Waals surface area (Å²) in [6, 6.07) is 13.9. The Hall–Kier alpha value is -1.67. The highest BCUT2D eigenvalue weighted by atomic mass is 35.5. The minimum atomic E-state index is 0.642. The van der Waals surface area contributed by atoms with Crippen molar-refractivity contribution in [1.29, 1.82) is 0 Å². The predicted molar refractivity (Wildman–Crippen MR) is 73.8 cm³/mol. The number of hydrogen-bond acceptors (Lipinski definition) is 2. The summed E-state index contributed by atoms with van der Waals surface area (Å²) in [6.07, 6.45) is 0.841. The highest BCUT2D eigenvalue weighted by Crippen LogP contribution is 2.26. The second-order valence-corrected chi connectivity index (χ2v) is 4.40. The molecule has 0 spiro atoms. The first-order valence-corrected chi connectivity index (χ1v) is 6.06. The number of hydrogen-bond donors (Lipinski definition) is 0. The Morgan fingerprint density at radius 2 is 1.56 bits per heavy atom. The summed E-state index contributed by atoms with van der Waals surface area (Å²) >= 11 is 6.10. The molecule has 2 aromatic rings. The molecule has 0 N–H and O–H groups in total. The van der Waals surface area contributed by atoms with Crippen LogP contribution in [0.15, 0.2) is 42.5 Å². The number of ether oxygens (including phenoxy) is 2. The highest BCUT2D eigenvalue weighted by molar-refractivity contribution is 6.32. The SMILES string of the molecule is COc1ccc(Cc2ccc(OC)c(Cl)c2)cc1. The molecule has 0 unspecified atom stereocenters. The van der Waals surface area contributed by atoms with Crippen molar-refractivity contribution in [2.75, 3.05) is 14.2 Å². The predicted octanol–water partition coefficient (Wildman–Crippen LogP) is 3.95. The molecule has 0 aliphatic carbocycles. The quantitative estimate of drug-likeness (QED) is 0.831. The molecule has 94 valence electrons. The van der Waals surface area contributed by atoms with Crippen molar-refractivity contribution in [1.82, 2.24) is 0 Å². The maximum Gasteiger partial charge on any atom is 0.137 e. The van der Waals surface area contributed by atoms with Gasteiger partial charge in [0.25, 0.3) is 0 Å². The number of rotatable bonds is 4. The Morgan fingerprint density at radius 3 is 2.11 bits per heavy atom. The van der Waals surface area contributed by atoms with Gasteiger partial charge in [-0.25, -0.2) is 0 Å². The molecule has 0 saturated carbocycles. The average molecular weight is 263 g/mol. The zero-order valence-corrected chi connectivity index (χ0v) is 11.2. The van der Waals surface area contributed by atoms with Crippen molar-refractivity contribution in [2.45, 2.75) is 6.42 Å². The molecule has 3 heteroatoms. The summed E-state index contributed by atoms with van der Waals surface area (Å²) in [7, 11) is 3.28. The van der Waals surface area contributed by atoms with E-state index in [2.05, 4.69) is 12.1 Å². The van der Waals surface area contributed by atoms with Crippen LogP contribution in [0.3, 0.4) is 0 Å². The van der Waals surface area contributed by atoms with Crippen LogP contribution >= 0.6 is 11.6 Å². The van der Waals surface area contributed by atoms with Crippen molar-refractivity contribution in [3.8, 4) is 11.5 Å². The minimum absolute atomic E-state index is 0.642. The molecule has 0 atom stereocenters. The third kappa shape index (κ3) is 2.96. The van der Waals surface area contributed by atoms with Crippen LogP contribution in [0.4, 0.5) is 0 Å². The van der Waals surface area contributed by atoms with Gasteiger partial charge in [-0.3, -0.25) is 0 Å². The van der Waals surface area contributed by atoms with Crippen LogP contribution < -0.4 is 9.47 Å². The fourth-order valence-corrected chi connectivity index (χ4v) is 2.08. The zero-order chi connectivity index (χ0) is 13.0. The van der Waals surface area contributed by atoms with Gasteiger partial charge in [0.2, 0.25) is 0 Å². The Morgan fingerprint density at radius 1 is 0.889 bits per heavy atom. The number of methoxy groups -OCH3 is 2. The van der Waals surface area contributed by atoms with Crippen molar-refractivity contribution in [2.24, 2.45) is 0 Å². The Balaban J connectivity index is 2.15. The first-order chi connectivity index (χ1) is 8.72. The summed E-state index contributed by atoms with van der Waals surface area (Å²) in [4.78, 5) is 0. The van der Waals surface area contributed by atoms with Crippen molar-refractivity contribution in [3.63, 3.8) is 0 Å². The molecular formula is C15H15ClO2. The van der Waals surface area contributed by atoms with E-state index in [1.807, 2.05) is 30.3 Å². The lowest BCUT2D eigenvalue weighted by molar-refractivity contribution is 0.414. The van der Waals surface area contributed by atoms with E-state index >= 15 is 0 Å². The van der Waals surface area contributed by atoms with Gasteiger partial charge in [-0.15, -0.1) is 0 Å². The molecule has 0 aromatic heterocycles. The molecule has 0 fully saturated rings. The normalized spacial score (nSPS) is 10.2. The third-order valence-electron chi connectivity index (χ3n) is 2.78. The van der Waals surface area contributed by atoms with E-state index in [0.29, 0.717) is 10.8 Å². The third-order valence-corrected chi connectivity index (χ3v) is 3.08. The molecule has 2 aromatic carbocycles. The number of benzene rings is 2. The van der Waals surface area contributed by atoms with Gasteiger partial charge in [0.1, 0.15) is 11.5 Å². The maximum absolute atomic E-state index is 6.10. The van der Waals surface area contributed by atoms with E-state index in [9.17, 15) is 0 Å². The van der Waals surface area contributed by atoms with E-state index in [-0.39, 0.29) is 0 Å². The van der Waals surface area contributed by atoms with Gasteiger partial charge in [-0.1, -0.05) is 29.8 Å². The Kier molecular flexibility index (Phi) is 4.11. The first kappa shape index (κ1) is 12.8. The largest absolute Gasteiger partial charge is 0.497 e. The van der Waals surface area contributed by atoms with Crippen LogP contribution in [-0.2, 0) is 6.42 Å². The standard InChI is InChI=1S/C15H15ClO2/c1-17-13-6-3-11(4-7-13)9-12-5-8-15(18-2)14(16)10-12/h3-8,10H,9H2,1-2H3. The molecule has 0 bridgehead atoms. The van der Waals surface area contributed by atoms with Crippen LogP contribution in [0.25, 0.3) is 0 Å². The van der Waals surface area contributed by atoms with Gasteiger partial charge in [-0.05, 0) is 41.8 Å². The minimum Gasteiger partial charge on any atom is -0.497 e. The van der Waals surface area contributed by atoms with Crippen LogP contribution in [0.2, 0.25) is 5.02 Å². The molecule has 2 rings (SSSR count). The maximum atomic E-state index is 6.10. The van der Waals surface area contributed by atoms with Crippen molar-refractivity contribution < 1.29 is 9.47 Å². The summed E-state index contributed by atoms with van der Waals surface area (Å²) in [5, 5.41) is 0.642. The first-order valence-electron chi connectivity index (χ1n) is 5.68. The fraction of sp³-hybridized carbons (Fsp3) is 0.200. The second kappa shape index (κ2) is 5.78. The Bertz CT molecular complexity index is 521. The van der Waals surface area contributed by atoms with E-state index in [1.54, 1.807) is 14.2 Å². The second-order valence-electron chi connectivity index (χ2n) is 3.99. The molecule has 0 amide bonds. The van der Waals surface area contributed by atoms with Gasteiger partial charge in [0.05, 0.1) is 19.2 Å². The van der Waals surface area contributed by atoms with Crippen molar-refractivity contribution in [3.05, 3.63) is 58.6 Å². The molecule has 0 aliphatic rings. The Labute approximate surface area is 112 Å². The van der Waals surface area contributed by atoms with Gasteiger partial charge in [-0.2, -0.15) is 0 Å². The van der Waals surface area contributed by atoms with E-state index in [0.717, 1.165) is 17.7 Å². The fourth-order valence-electron chi connectivity index (χ4n) is 1.80. The lowest BCUT2D eigenvalue weighted by atomic mass is 10.0. The lowest BCUT2D eigenvalue weighted by Gasteiger charge is -2.07. The summed E-state index contributed by atoms with van der Waals surface area (Å²) in [6.45, 7) is 0. The molecule has 0 aliphatic heterocycles. The van der Waals surface area contributed by atoms with Crippen LogP contribution in [-0.4, -0.2) is 14.2 Å². The molecular weight excluding hydrogens is 248 g/mol. The smallest absolute Gasteiger partial charge is 0.137 e. The van der Waals surface area contributed by atoms with E-state index in [4.69, 9.17) is 21.1 Å². The van der Waals surface area contributed by atoms with Gasteiger partial charge in [0.15, 0.2) is 0 Å². The molecule has 18 heavy (non-hydrogen) atoms. The van der Waals surface area contributed by atoms with E-state index < -0.39 is 0 Å². The molecule has 0 radical (unpaired) electrons. The van der Waals surface area contributed by atoms with Crippen molar-refractivity contribution >= 4 is 11.6 Å². The zero-order valence-electron chi connectivity index (χ0n) is 10.4. The van der Waals surface area contributed by atoms with E-state index in [1.165, 1.54) is 5.56 Å².